The average Bonchev–Trinajstić information content (AvgIpc) is 2.98. The first-order valence-corrected chi connectivity index (χ1v) is 9.30. The standard InChI is InChI=1S/C20H22N4O3S/c1-3-20(15-7-5-4-6-8-15)17(25)24(19(26)22-20)23-18(28)21-13-14-9-11-16(27-2)12-10-14/h4-12H,3,13H2,1-2H3,(H,22,26)(H2,21,23,28)/t20-/m1/s1. The van der Waals surface area contributed by atoms with Crippen LogP contribution in [0.3, 0.4) is 0 Å². The van der Waals surface area contributed by atoms with Gasteiger partial charge in [-0.15, -0.1) is 0 Å². The predicted molar refractivity (Wildman–Crippen MR) is 109 cm³/mol. The largest absolute Gasteiger partial charge is 0.497 e. The smallest absolute Gasteiger partial charge is 0.344 e. The number of hydrazine groups is 1. The highest BCUT2D eigenvalue weighted by Crippen LogP contribution is 2.31. The monoisotopic (exact) mass is 398 g/mol. The average molecular weight is 398 g/mol. The van der Waals surface area contributed by atoms with Crippen LogP contribution in [0.5, 0.6) is 5.75 Å². The van der Waals surface area contributed by atoms with E-state index in [1.54, 1.807) is 7.11 Å². The van der Waals surface area contributed by atoms with Gasteiger partial charge in [0.2, 0.25) is 0 Å². The van der Waals surface area contributed by atoms with Gasteiger partial charge in [0.15, 0.2) is 5.11 Å². The summed E-state index contributed by atoms with van der Waals surface area (Å²) >= 11 is 5.25. The second-order valence-electron chi connectivity index (χ2n) is 6.34. The molecular weight excluding hydrogens is 376 g/mol. The van der Waals surface area contributed by atoms with Gasteiger partial charge in [0.1, 0.15) is 11.3 Å². The normalized spacial score (nSPS) is 18.6. The number of amides is 3. The lowest BCUT2D eigenvalue weighted by Gasteiger charge is -2.25. The van der Waals surface area contributed by atoms with E-state index in [1.807, 2.05) is 61.5 Å². The summed E-state index contributed by atoms with van der Waals surface area (Å²) in [5.74, 6) is 0.375. The number of rotatable bonds is 6. The van der Waals surface area contributed by atoms with Crippen LogP contribution in [0.2, 0.25) is 0 Å². The Labute approximate surface area is 169 Å². The van der Waals surface area contributed by atoms with Crippen LogP contribution in [0.15, 0.2) is 54.6 Å². The minimum absolute atomic E-state index is 0.180. The second-order valence-corrected chi connectivity index (χ2v) is 6.75. The molecule has 0 radical (unpaired) electrons. The van der Waals surface area contributed by atoms with Crippen molar-refractivity contribution in [3.63, 3.8) is 0 Å². The Hall–Kier alpha value is -3.13. The molecule has 0 bridgehead atoms. The predicted octanol–water partition coefficient (Wildman–Crippen LogP) is 2.43. The molecule has 1 atom stereocenters. The van der Waals surface area contributed by atoms with E-state index in [-0.39, 0.29) is 11.0 Å². The van der Waals surface area contributed by atoms with Crippen LogP contribution >= 0.6 is 12.2 Å². The van der Waals surface area contributed by atoms with Gasteiger partial charge in [-0.3, -0.25) is 10.2 Å². The Kier molecular flexibility index (Phi) is 5.79. The summed E-state index contributed by atoms with van der Waals surface area (Å²) in [6, 6.07) is 16.1. The zero-order valence-electron chi connectivity index (χ0n) is 15.7. The van der Waals surface area contributed by atoms with Crippen molar-refractivity contribution in [3.05, 3.63) is 65.7 Å². The third-order valence-electron chi connectivity index (χ3n) is 4.71. The summed E-state index contributed by atoms with van der Waals surface area (Å²) in [7, 11) is 1.61. The van der Waals surface area contributed by atoms with Crippen molar-refractivity contribution in [1.29, 1.82) is 0 Å². The van der Waals surface area contributed by atoms with Gasteiger partial charge in [0.25, 0.3) is 5.91 Å². The van der Waals surface area contributed by atoms with Crippen LogP contribution in [0.1, 0.15) is 24.5 Å². The summed E-state index contributed by atoms with van der Waals surface area (Å²) in [5, 5.41) is 6.90. The number of methoxy groups -OCH3 is 1. The number of carbonyl (C=O) groups excluding carboxylic acids is 2. The quantitative estimate of drug-likeness (QED) is 0.512. The van der Waals surface area contributed by atoms with E-state index in [2.05, 4.69) is 16.1 Å². The topological polar surface area (TPSA) is 82.7 Å². The SMILES string of the molecule is CC[C@]1(c2ccccc2)NC(=O)N(NC(=S)NCc2ccc(OC)cc2)C1=O. The molecule has 2 aromatic rings. The van der Waals surface area contributed by atoms with E-state index >= 15 is 0 Å². The molecule has 0 unspecified atom stereocenters. The van der Waals surface area contributed by atoms with Crippen molar-refractivity contribution in [2.75, 3.05) is 7.11 Å². The summed E-state index contributed by atoms with van der Waals surface area (Å²) in [6.07, 6.45) is 0.422. The van der Waals surface area contributed by atoms with Crippen LogP contribution in [-0.2, 0) is 16.9 Å². The summed E-state index contributed by atoms with van der Waals surface area (Å²) < 4.78 is 5.13. The molecule has 8 heteroatoms. The number of nitrogens with zero attached hydrogens (tertiary/aromatic N) is 1. The Morgan fingerprint density at radius 2 is 1.82 bits per heavy atom. The Morgan fingerprint density at radius 3 is 2.43 bits per heavy atom. The molecule has 1 aliphatic heterocycles. The summed E-state index contributed by atoms with van der Waals surface area (Å²) in [4.78, 5) is 25.5. The maximum absolute atomic E-state index is 13.0. The highest BCUT2D eigenvalue weighted by Gasteiger charge is 2.51. The van der Waals surface area contributed by atoms with E-state index in [0.717, 1.165) is 21.9 Å². The van der Waals surface area contributed by atoms with Crippen LogP contribution in [0, 0.1) is 0 Å². The van der Waals surface area contributed by atoms with Gasteiger partial charge < -0.3 is 15.4 Å². The van der Waals surface area contributed by atoms with Crippen LogP contribution < -0.4 is 20.8 Å². The fraction of sp³-hybridized carbons (Fsp3) is 0.250. The minimum Gasteiger partial charge on any atom is -0.497 e. The molecule has 0 saturated carbocycles. The molecule has 0 aromatic heterocycles. The molecule has 146 valence electrons. The zero-order chi connectivity index (χ0) is 20.1. The van der Waals surface area contributed by atoms with Crippen molar-refractivity contribution >= 4 is 29.3 Å². The van der Waals surface area contributed by atoms with Gasteiger partial charge in [0.05, 0.1) is 7.11 Å². The number of urea groups is 1. The number of thiocarbonyl (C=S) groups is 1. The third kappa shape index (κ3) is 3.77. The molecule has 3 N–H and O–H groups in total. The maximum atomic E-state index is 13.0. The molecule has 2 aromatic carbocycles. The minimum atomic E-state index is -1.10. The number of carbonyl (C=O) groups is 2. The van der Waals surface area contributed by atoms with E-state index in [0.29, 0.717) is 13.0 Å². The van der Waals surface area contributed by atoms with Crippen LogP contribution in [0.4, 0.5) is 4.79 Å². The molecule has 1 heterocycles. The lowest BCUT2D eigenvalue weighted by atomic mass is 9.87. The number of hydrogen-bond acceptors (Lipinski definition) is 4. The summed E-state index contributed by atoms with van der Waals surface area (Å²) in [6.45, 7) is 2.30. The first kappa shape index (κ1) is 19.6. The van der Waals surface area contributed by atoms with E-state index < -0.39 is 11.6 Å². The Balaban J connectivity index is 1.65. The van der Waals surface area contributed by atoms with Gasteiger partial charge >= 0.3 is 6.03 Å². The molecule has 1 fully saturated rings. The summed E-state index contributed by atoms with van der Waals surface area (Å²) in [5.41, 5.74) is 3.31. The van der Waals surface area contributed by atoms with Gasteiger partial charge in [-0.2, -0.15) is 5.01 Å². The van der Waals surface area contributed by atoms with E-state index in [4.69, 9.17) is 17.0 Å². The number of imide groups is 1. The molecular formula is C20H22N4O3S. The molecule has 0 aliphatic carbocycles. The van der Waals surface area contributed by atoms with Crippen molar-refractivity contribution in [2.45, 2.75) is 25.4 Å². The Morgan fingerprint density at radius 1 is 1.14 bits per heavy atom. The second kappa shape index (κ2) is 8.26. The van der Waals surface area contributed by atoms with Crippen molar-refractivity contribution in [3.8, 4) is 5.75 Å². The number of nitrogens with one attached hydrogen (secondary N) is 3. The van der Waals surface area contributed by atoms with Gasteiger partial charge in [-0.1, -0.05) is 49.4 Å². The molecule has 1 saturated heterocycles. The number of benzene rings is 2. The molecule has 1 aliphatic rings. The van der Waals surface area contributed by atoms with Crippen molar-refractivity contribution in [1.82, 2.24) is 21.1 Å². The first-order valence-electron chi connectivity index (χ1n) is 8.90. The third-order valence-corrected chi connectivity index (χ3v) is 4.95. The highest BCUT2D eigenvalue weighted by atomic mass is 32.1. The van der Waals surface area contributed by atoms with Gasteiger partial charge in [-0.05, 0) is 41.9 Å². The number of hydrogen-bond donors (Lipinski definition) is 3. The van der Waals surface area contributed by atoms with Crippen LogP contribution in [-0.4, -0.2) is 29.2 Å². The molecule has 3 amide bonds. The lowest BCUT2D eigenvalue weighted by molar-refractivity contribution is -0.133. The Bertz CT molecular complexity index is 873. The molecule has 0 spiro atoms. The number of ether oxygens (including phenoxy) is 1. The van der Waals surface area contributed by atoms with E-state index in [9.17, 15) is 9.59 Å². The van der Waals surface area contributed by atoms with Crippen molar-refractivity contribution < 1.29 is 14.3 Å². The van der Waals surface area contributed by atoms with Crippen molar-refractivity contribution in [2.24, 2.45) is 0 Å². The highest BCUT2D eigenvalue weighted by molar-refractivity contribution is 7.80. The maximum Gasteiger partial charge on any atom is 0.344 e. The fourth-order valence-electron chi connectivity index (χ4n) is 3.11. The van der Waals surface area contributed by atoms with Gasteiger partial charge in [-0.25, -0.2) is 4.79 Å². The first-order chi connectivity index (χ1) is 13.5. The zero-order valence-corrected chi connectivity index (χ0v) is 16.5. The molecule has 3 rings (SSSR count). The lowest BCUT2D eigenvalue weighted by Crippen LogP contribution is -2.51. The molecule has 7 nitrogen and oxygen atoms in total. The van der Waals surface area contributed by atoms with Crippen LogP contribution in [0.25, 0.3) is 0 Å². The van der Waals surface area contributed by atoms with E-state index in [1.165, 1.54) is 0 Å². The fourth-order valence-corrected chi connectivity index (χ4v) is 3.27. The molecule has 28 heavy (non-hydrogen) atoms. The van der Waals surface area contributed by atoms with Gasteiger partial charge in [0, 0.05) is 6.54 Å².